The maximum atomic E-state index is 12.3. The highest BCUT2D eigenvalue weighted by atomic mass is 16.6. The second-order valence-electron chi connectivity index (χ2n) is 8.68. The maximum Gasteiger partial charge on any atom is 0.410 e. The number of hydrogen-bond donors (Lipinski definition) is 0. The van der Waals surface area contributed by atoms with Gasteiger partial charge in [0.2, 0.25) is 0 Å². The van der Waals surface area contributed by atoms with Crippen molar-refractivity contribution < 1.29 is 14.3 Å². The van der Waals surface area contributed by atoms with Crippen molar-refractivity contribution in [2.75, 3.05) is 27.2 Å². The fourth-order valence-corrected chi connectivity index (χ4v) is 3.38. The molecule has 5 nitrogen and oxygen atoms in total. The number of benzene rings is 1. The molecule has 2 aliphatic rings. The molecule has 0 aromatic heterocycles. The fourth-order valence-electron chi connectivity index (χ4n) is 3.38. The Morgan fingerprint density at radius 2 is 1.89 bits per heavy atom. The molecule has 1 aliphatic carbocycles. The van der Waals surface area contributed by atoms with E-state index in [0.29, 0.717) is 19.0 Å². The summed E-state index contributed by atoms with van der Waals surface area (Å²) >= 11 is 0. The first kappa shape index (κ1) is 19.5. The first-order valence-corrected chi connectivity index (χ1v) is 9.68. The first-order valence-electron chi connectivity index (χ1n) is 9.68. The van der Waals surface area contributed by atoms with Gasteiger partial charge >= 0.3 is 6.09 Å². The molecule has 27 heavy (non-hydrogen) atoms. The van der Waals surface area contributed by atoms with E-state index >= 15 is 0 Å². The van der Waals surface area contributed by atoms with Gasteiger partial charge in [-0.2, -0.15) is 0 Å². The summed E-state index contributed by atoms with van der Waals surface area (Å²) in [4.78, 5) is 27.9. The SMILES string of the molecule is CN(C)C(=O)c1ccc(C2=CCN(C(=O)OC(C)(C)C)CC2)c(C2CC2)c1. The minimum atomic E-state index is -0.477. The second-order valence-corrected chi connectivity index (χ2v) is 8.68. The highest BCUT2D eigenvalue weighted by molar-refractivity contribution is 5.94. The lowest BCUT2D eigenvalue weighted by atomic mass is 9.91. The zero-order valence-corrected chi connectivity index (χ0v) is 17.0. The molecule has 0 unspecified atom stereocenters. The molecule has 1 aliphatic heterocycles. The number of ether oxygens (including phenoxy) is 1. The summed E-state index contributed by atoms with van der Waals surface area (Å²) in [5.41, 5.74) is 4.05. The average molecular weight is 370 g/mol. The predicted octanol–water partition coefficient (Wildman–Crippen LogP) is 4.29. The van der Waals surface area contributed by atoms with Gasteiger partial charge in [-0.05, 0) is 74.8 Å². The Kier molecular flexibility index (Phi) is 5.31. The molecular formula is C22H30N2O3. The Labute approximate surface area is 162 Å². The summed E-state index contributed by atoms with van der Waals surface area (Å²) in [5, 5.41) is 0. The molecule has 0 spiro atoms. The topological polar surface area (TPSA) is 49.9 Å². The number of carbonyl (C=O) groups is 2. The third-order valence-corrected chi connectivity index (χ3v) is 4.93. The van der Waals surface area contributed by atoms with Crippen molar-refractivity contribution in [2.24, 2.45) is 0 Å². The lowest BCUT2D eigenvalue weighted by Gasteiger charge is -2.30. The molecule has 0 atom stereocenters. The smallest absolute Gasteiger partial charge is 0.410 e. The number of amides is 2. The Morgan fingerprint density at radius 1 is 1.19 bits per heavy atom. The van der Waals surface area contributed by atoms with Crippen molar-refractivity contribution in [3.8, 4) is 0 Å². The van der Waals surface area contributed by atoms with Crippen LogP contribution in [-0.4, -0.2) is 54.6 Å². The molecule has 1 saturated carbocycles. The largest absolute Gasteiger partial charge is 0.444 e. The Hall–Kier alpha value is -2.30. The van der Waals surface area contributed by atoms with Crippen LogP contribution in [0.5, 0.6) is 0 Å². The van der Waals surface area contributed by atoms with Crippen LogP contribution in [0.25, 0.3) is 5.57 Å². The van der Waals surface area contributed by atoms with E-state index in [9.17, 15) is 9.59 Å². The number of hydrogen-bond acceptors (Lipinski definition) is 3. The van der Waals surface area contributed by atoms with Crippen LogP contribution < -0.4 is 0 Å². The van der Waals surface area contributed by atoms with Gasteiger partial charge in [-0.25, -0.2) is 4.79 Å². The van der Waals surface area contributed by atoms with Crippen molar-refractivity contribution in [1.29, 1.82) is 0 Å². The highest BCUT2D eigenvalue weighted by Gasteiger charge is 2.29. The van der Waals surface area contributed by atoms with E-state index in [0.717, 1.165) is 12.0 Å². The molecule has 0 bridgehead atoms. The average Bonchev–Trinajstić information content (AvgIpc) is 3.44. The van der Waals surface area contributed by atoms with Crippen LogP contribution in [0.15, 0.2) is 24.3 Å². The summed E-state index contributed by atoms with van der Waals surface area (Å²) < 4.78 is 5.47. The van der Waals surface area contributed by atoms with Gasteiger partial charge in [0, 0.05) is 32.7 Å². The van der Waals surface area contributed by atoms with Crippen LogP contribution in [0, 0.1) is 0 Å². The molecule has 1 heterocycles. The zero-order chi connectivity index (χ0) is 19.8. The van der Waals surface area contributed by atoms with Gasteiger partial charge in [0.15, 0.2) is 0 Å². The van der Waals surface area contributed by atoms with Gasteiger partial charge in [-0.3, -0.25) is 4.79 Å². The van der Waals surface area contributed by atoms with Crippen LogP contribution >= 0.6 is 0 Å². The van der Waals surface area contributed by atoms with E-state index in [2.05, 4.69) is 18.2 Å². The minimum absolute atomic E-state index is 0.0391. The molecule has 1 fully saturated rings. The lowest BCUT2D eigenvalue weighted by Crippen LogP contribution is -2.39. The summed E-state index contributed by atoms with van der Waals surface area (Å²) in [6.07, 6.45) is 5.04. The molecule has 0 saturated heterocycles. The monoisotopic (exact) mass is 370 g/mol. The fraction of sp³-hybridized carbons (Fsp3) is 0.545. The number of nitrogens with zero attached hydrogens (tertiary/aromatic N) is 2. The summed E-state index contributed by atoms with van der Waals surface area (Å²) in [6, 6.07) is 6.07. The molecule has 1 aromatic carbocycles. The van der Waals surface area contributed by atoms with Crippen molar-refractivity contribution >= 4 is 17.6 Å². The van der Waals surface area contributed by atoms with E-state index in [1.54, 1.807) is 23.9 Å². The lowest BCUT2D eigenvalue weighted by molar-refractivity contribution is 0.0270. The molecule has 146 valence electrons. The van der Waals surface area contributed by atoms with Crippen LogP contribution in [0.2, 0.25) is 0 Å². The predicted molar refractivity (Wildman–Crippen MR) is 107 cm³/mol. The Morgan fingerprint density at radius 3 is 2.41 bits per heavy atom. The maximum absolute atomic E-state index is 12.3. The van der Waals surface area contributed by atoms with Crippen molar-refractivity contribution in [1.82, 2.24) is 9.80 Å². The van der Waals surface area contributed by atoms with E-state index in [-0.39, 0.29) is 12.0 Å². The van der Waals surface area contributed by atoms with Crippen molar-refractivity contribution in [2.45, 2.75) is 51.6 Å². The second kappa shape index (κ2) is 7.37. The van der Waals surface area contributed by atoms with Crippen LogP contribution in [0.4, 0.5) is 4.79 Å². The zero-order valence-electron chi connectivity index (χ0n) is 17.0. The van der Waals surface area contributed by atoms with Crippen molar-refractivity contribution in [3.63, 3.8) is 0 Å². The van der Waals surface area contributed by atoms with Crippen LogP contribution in [0.1, 0.15) is 67.4 Å². The van der Waals surface area contributed by atoms with Crippen molar-refractivity contribution in [3.05, 3.63) is 41.0 Å². The van der Waals surface area contributed by atoms with Gasteiger partial charge in [0.05, 0.1) is 0 Å². The quantitative estimate of drug-likeness (QED) is 0.797. The standard InChI is InChI=1S/C22H30N2O3/c1-22(2,3)27-21(26)24-12-10-16(11-13-24)18-9-8-17(20(25)23(4)5)14-19(18)15-6-7-15/h8-10,14-15H,6-7,11-13H2,1-5H3. The summed E-state index contributed by atoms with van der Waals surface area (Å²) in [5.74, 6) is 0.594. The molecule has 0 N–H and O–H groups in total. The molecule has 5 heteroatoms. The minimum Gasteiger partial charge on any atom is -0.444 e. The summed E-state index contributed by atoms with van der Waals surface area (Å²) in [6.45, 7) is 6.87. The molecule has 2 amide bonds. The van der Waals surface area contributed by atoms with E-state index in [4.69, 9.17) is 4.74 Å². The number of carbonyl (C=O) groups excluding carboxylic acids is 2. The number of rotatable bonds is 3. The first-order chi connectivity index (χ1) is 12.7. The molecule has 3 rings (SSSR count). The Bertz CT molecular complexity index is 770. The van der Waals surface area contributed by atoms with Crippen LogP contribution in [-0.2, 0) is 4.74 Å². The van der Waals surface area contributed by atoms with E-state index in [1.165, 1.54) is 29.5 Å². The van der Waals surface area contributed by atoms with Gasteiger partial charge in [-0.1, -0.05) is 12.1 Å². The van der Waals surface area contributed by atoms with Gasteiger partial charge in [0.25, 0.3) is 5.91 Å². The third kappa shape index (κ3) is 4.71. The molecule has 0 radical (unpaired) electrons. The third-order valence-electron chi connectivity index (χ3n) is 4.93. The van der Waals surface area contributed by atoms with E-state index < -0.39 is 5.60 Å². The van der Waals surface area contributed by atoms with Gasteiger partial charge < -0.3 is 14.5 Å². The summed E-state index contributed by atoms with van der Waals surface area (Å²) in [7, 11) is 3.56. The Balaban J connectivity index is 1.79. The molecule has 1 aromatic rings. The van der Waals surface area contributed by atoms with E-state index in [1.807, 2.05) is 26.8 Å². The van der Waals surface area contributed by atoms with Crippen LogP contribution in [0.3, 0.4) is 0 Å². The normalized spacial score (nSPS) is 17.4. The van der Waals surface area contributed by atoms with Gasteiger partial charge in [0.1, 0.15) is 5.60 Å². The van der Waals surface area contributed by atoms with Gasteiger partial charge in [-0.15, -0.1) is 0 Å². The molecular weight excluding hydrogens is 340 g/mol. The highest BCUT2D eigenvalue weighted by Crippen LogP contribution is 2.44.